The van der Waals surface area contributed by atoms with E-state index in [4.69, 9.17) is 11.6 Å². The first-order chi connectivity index (χ1) is 14.9. The van der Waals surface area contributed by atoms with Gasteiger partial charge in [0.2, 0.25) is 0 Å². The highest BCUT2D eigenvalue weighted by molar-refractivity contribution is 7.98. The molecular weight excluding hydrogens is 432 g/mol. The maximum Gasteiger partial charge on any atom is 0.196 e. The van der Waals surface area contributed by atoms with Gasteiger partial charge in [0.15, 0.2) is 11.0 Å². The number of aromatic nitrogens is 4. The van der Waals surface area contributed by atoms with Crippen molar-refractivity contribution in [3.05, 3.63) is 77.1 Å². The van der Waals surface area contributed by atoms with Gasteiger partial charge < -0.3 is 10.2 Å². The number of rotatable bonds is 6. The molecule has 0 saturated carbocycles. The van der Waals surface area contributed by atoms with Crippen molar-refractivity contribution in [2.24, 2.45) is 0 Å². The van der Waals surface area contributed by atoms with E-state index >= 15 is 0 Å². The molecule has 4 rings (SSSR count). The lowest BCUT2D eigenvalue weighted by Gasteiger charge is -2.14. The number of hydrogen-bond acceptors (Lipinski definition) is 6. The van der Waals surface area contributed by atoms with Gasteiger partial charge >= 0.3 is 0 Å². The lowest BCUT2D eigenvalue weighted by Crippen LogP contribution is -2.01. The molecule has 158 valence electrons. The number of benzene rings is 2. The third-order valence-electron chi connectivity index (χ3n) is 4.80. The molecule has 4 aromatic rings. The minimum absolute atomic E-state index is 0.0542. The second-order valence-electron chi connectivity index (χ2n) is 7.31. The molecule has 6 nitrogen and oxygen atoms in total. The maximum absolute atomic E-state index is 10.6. The Bertz CT molecular complexity index is 1190. The third-order valence-corrected chi connectivity index (χ3v) is 6.02. The van der Waals surface area contributed by atoms with Crippen molar-refractivity contribution in [3.63, 3.8) is 0 Å². The third kappa shape index (κ3) is 4.52. The van der Waals surface area contributed by atoms with Crippen LogP contribution in [0.5, 0.6) is 11.5 Å². The molecular formula is C23H21ClN4O2S. The number of thioether (sulfide) groups is 1. The fraction of sp³-hybridized carbons (Fsp3) is 0.174. The summed E-state index contributed by atoms with van der Waals surface area (Å²) in [5, 5.41) is 30.9. The Labute approximate surface area is 189 Å². The lowest BCUT2D eigenvalue weighted by atomic mass is 9.98. The van der Waals surface area contributed by atoms with Crippen LogP contribution >= 0.6 is 23.4 Å². The Kier molecular flexibility index (Phi) is 6.15. The summed E-state index contributed by atoms with van der Waals surface area (Å²) in [6.45, 7) is 3.96. The second-order valence-corrected chi connectivity index (χ2v) is 8.69. The minimum atomic E-state index is -0.0641. The summed E-state index contributed by atoms with van der Waals surface area (Å²) < 4.78 is 1.88. The minimum Gasteiger partial charge on any atom is -0.508 e. The highest BCUT2D eigenvalue weighted by Crippen LogP contribution is 2.39. The second kappa shape index (κ2) is 8.99. The van der Waals surface area contributed by atoms with Gasteiger partial charge in [0, 0.05) is 28.7 Å². The van der Waals surface area contributed by atoms with Gasteiger partial charge in [-0.2, -0.15) is 0 Å². The van der Waals surface area contributed by atoms with Crippen molar-refractivity contribution >= 4 is 23.4 Å². The van der Waals surface area contributed by atoms with Gasteiger partial charge in [0.05, 0.1) is 11.3 Å². The van der Waals surface area contributed by atoms with Crippen molar-refractivity contribution in [2.45, 2.75) is 30.7 Å². The highest BCUT2D eigenvalue weighted by atomic mass is 35.5. The van der Waals surface area contributed by atoms with Crippen LogP contribution in [0.25, 0.3) is 17.1 Å². The van der Waals surface area contributed by atoms with E-state index in [-0.39, 0.29) is 17.4 Å². The van der Waals surface area contributed by atoms with Crippen molar-refractivity contribution in [3.8, 4) is 28.6 Å². The Balaban J connectivity index is 1.82. The maximum atomic E-state index is 10.6. The molecule has 2 heterocycles. The molecule has 0 aliphatic heterocycles. The van der Waals surface area contributed by atoms with E-state index in [1.54, 1.807) is 24.4 Å². The van der Waals surface area contributed by atoms with Gasteiger partial charge in [0.25, 0.3) is 0 Å². The zero-order valence-electron chi connectivity index (χ0n) is 17.0. The molecule has 0 radical (unpaired) electrons. The van der Waals surface area contributed by atoms with Crippen molar-refractivity contribution in [1.82, 2.24) is 19.7 Å². The zero-order chi connectivity index (χ0) is 22.0. The zero-order valence-corrected chi connectivity index (χ0v) is 18.6. The fourth-order valence-electron chi connectivity index (χ4n) is 3.22. The molecule has 2 N–H and O–H groups in total. The number of pyridine rings is 1. The van der Waals surface area contributed by atoms with E-state index < -0.39 is 0 Å². The average Bonchev–Trinajstić information content (AvgIpc) is 3.17. The molecule has 0 aliphatic carbocycles. The van der Waals surface area contributed by atoms with Gasteiger partial charge in [-0.15, -0.1) is 10.2 Å². The largest absolute Gasteiger partial charge is 0.508 e. The lowest BCUT2D eigenvalue weighted by molar-refractivity contribution is 0.444. The van der Waals surface area contributed by atoms with Crippen LogP contribution in [0.3, 0.4) is 0 Å². The summed E-state index contributed by atoms with van der Waals surface area (Å²) in [5.41, 5.74) is 2.95. The van der Waals surface area contributed by atoms with Crippen LogP contribution in [-0.2, 0) is 5.75 Å². The molecule has 0 fully saturated rings. The summed E-state index contributed by atoms with van der Waals surface area (Å²) >= 11 is 7.58. The molecule has 2 aromatic heterocycles. The van der Waals surface area contributed by atoms with E-state index in [0.29, 0.717) is 27.3 Å². The molecule has 0 aliphatic rings. The van der Waals surface area contributed by atoms with Gasteiger partial charge in [-0.1, -0.05) is 43.3 Å². The van der Waals surface area contributed by atoms with E-state index in [1.165, 1.54) is 17.8 Å². The Morgan fingerprint density at radius 3 is 2.45 bits per heavy atom. The Morgan fingerprint density at radius 2 is 1.77 bits per heavy atom. The standard InChI is InChI=1S/C23H21ClN4O2S/c1-14(2)18-11-19(21(30)12-20(18)29)22-26-27-23(31-13-16-5-3-4-10-25-16)28(22)17-8-6-15(24)7-9-17/h3-12,14,29-30H,13H2,1-2H3. The van der Waals surface area contributed by atoms with Gasteiger partial charge in [-0.3, -0.25) is 9.55 Å². The topological polar surface area (TPSA) is 84.1 Å². The fourth-order valence-corrected chi connectivity index (χ4v) is 4.21. The van der Waals surface area contributed by atoms with Crippen molar-refractivity contribution in [1.29, 1.82) is 0 Å². The van der Waals surface area contributed by atoms with Gasteiger partial charge in [-0.05, 0) is 53.9 Å². The van der Waals surface area contributed by atoms with Crippen molar-refractivity contribution < 1.29 is 10.2 Å². The average molecular weight is 453 g/mol. The van der Waals surface area contributed by atoms with Crippen LogP contribution in [0, 0.1) is 0 Å². The molecule has 0 unspecified atom stereocenters. The molecule has 0 spiro atoms. The van der Waals surface area contributed by atoms with E-state index in [9.17, 15) is 10.2 Å². The first-order valence-corrected chi connectivity index (χ1v) is 11.1. The predicted octanol–water partition coefficient (Wildman–Crippen LogP) is 5.81. The first kappa shape index (κ1) is 21.2. The van der Waals surface area contributed by atoms with E-state index in [2.05, 4.69) is 15.2 Å². The quantitative estimate of drug-likeness (QED) is 0.359. The first-order valence-electron chi connectivity index (χ1n) is 9.74. The number of halogens is 1. The molecule has 0 bridgehead atoms. The molecule has 2 aromatic carbocycles. The molecule has 0 amide bonds. The van der Waals surface area contributed by atoms with Gasteiger partial charge in [0.1, 0.15) is 11.5 Å². The van der Waals surface area contributed by atoms with Gasteiger partial charge in [-0.25, -0.2) is 0 Å². The van der Waals surface area contributed by atoms with Crippen LogP contribution in [0.1, 0.15) is 31.0 Å². The number of aromatic hydroxyl groups is 2. The smallest absolute Gasteiger partial charge is 0.196 e. The van der Waals surface area contributed by atoms with Crippen LogP contribution in [0.4, 0.5) is 0 Å². The van der Waals surface area contributed by atoms with E-state index in [0.717, 1.165) is 16.9 Å². The molecule has 0 atom stereocenters. The Hall–Kier alpha value is -3.03. The summed E-state index contributed by atoms with van der Waals surface area (Å²) in [6, 6.07) is 16.2. The van der Waals surface area contributed by atoms with Crippen LogP contribution < -0.4 is 0 Å². The predicted molar refractivity (Wildman–Crippen MR) is 123 cm³/mol. The van der Waals surface area contributed by atoms with Crippen molar-refractivity contribution in [2.75, 3.05) is 0 Å². The summed E-state index contributed by atoms with van der Waals surface area (Å²) in [7, 11) is 0. The monoisotopic (exact) mass is 452 g/mol. The van der Waals surface area contributed by atoms with E-state index in [1.807, 2.05) is 48.7 Å². The molecule has 8 heteroatoms. The summed E-state index contributed by atoms with van der Waals surface area (Å²) in [4.78, 5) is 4.36. The molecule has 0 saturated heterocycles. The normalized spacial score (nSPS) is 11.2. The number of hydrogen-bond donors (Lipinski definition) is 2. The number of nitrogens with zero attached hydrogens (tertiary/aromatic N) is 4. The molecule has 31 heavy (non-hydrogen) atoms. The SMILES string of the molecule is CC(C)c1cc(-c2nnc(SCc3ccccn3)n2-c2ccc(Cl)cc2)c(O)cc1O. The highest BCUT2D eigenvalue weighted by Gasteiger charge is 2.21. The number of phenols is 2. The van der Waals surface area contributed by atoms with Crippen LogP contribution in [0.2, 0.25) is 5.02 Å². The Morgan fingerprint density at radius 1 is 1.00 bits per heavy atom. The van der Waals surface area contributed by atoms with Crippen LogP contribution in [0.15, 0.2) is 66.0 Å². The van der Waals surface area contributed by atoms with Crippen LogP contribution in [-0.4, -0.2) is 30.0 Å². The summed E-state index contributed by atoms with van der Waals surface area (Å²) in [6.07, 6.45) is 1.76. The summed E-state index contributed by atoms with van der Waals surface area (Å²) in [5.74, 6) is 1.16. The number of phenolic OH excluding ortho intramolecular Hbond substituents is 2.